The maximum absolute atomic E-state index is 11.1. The third kappa shape index (κ3) is 5.52. The van der Waals surface area contributed by atoms with Crippen molar-refractivity contribution < 1.29 is 19.4 Å². The molecule has 0 aromatic rings. The monoisotopic (exact) mass is 281 g/mol. The highest BCUT2D eigenvalue weighted by Crippen LogP contribution is 2.24. The van der Waals surface area contributed by atoms with Crippen molar-refractivity contribution in [1.29, 1.82) is 0 Å². The van der Waals surface area contributed by atoms with Crippen molar-refractivity contribution in [2.45, 2.75) is 44.8 Å². The summed E-state index contributed by atoms with van der Waals surface area (Å²) in [6.07, 6.45) is 3.71. The lowest BCUT2D eigenvalue weighted by atomic mass is 9.99. The maximum atomic E-state index is 11.1. The Kier molecular flexibility index (Phi) is 9.36. The number of carbonyl (C=O) groups is 1. The second kappa shape index (κ2) is 9.55. The number of halogens is 1. The molecule has 2 rings (SSSR count). The van der Waals surface area contributed by atoms with Crippen molar-refractivity contribution in [2.24, 2.45) is 11.7 Å². The predicted octanol–water partition coefficient (Wildman–Crippen LogP) is 0.866. The van der Waals surface area contributed by atoms with Gasteiger partial charge in [-0.05, 0) is 25.7 Å². The SMILES string of the molecule is C1CCOC1.CC[C@@H]1C[C@@H]([C@@H](N)CO)OC1=O.Cl. The van der Waals surface area contributed by atoms with Gasteiger partial charge in [-0.1, -0.05) is 6.92 Å². The van der Waals surface area contributed by atoms with Gasteiger partial charge in [0, 0.05) is 13.2 Å². The van der Waals surface area contributed by atoms with Gasteiger partial charge >= 0.3 is 5.97 Å². The lowest BCUT2D eigenvalue weighted by molar-refractivity contribution is -0.145. The molecule has 0 bridgehead atoms. The van der Waals surface area contributed by atoms with Crippen LogP contribution in [-0.2, 0) is 14.3 Å². The van der Waals surface area contributed by atoms with Crippen LogP contribution in [0.4, 0.5) is 0 Å². The van der Waals surface area contributed by atoms with Crippen LogP contribution < -0.4 is 5.73 Å². The average molecular weight is 282 g/mol. The Morgan fingerprint density at radius 1 is 1.44 bits per heavy atom. The standard InChI is InChI=1S/C8H15NO3.C4H8O.ClH/c1-2-5-3-7(6(9)4-10)12-8(5)11;1-2-4-5-3-1;/h5-7,10H,2-4,9H2,1H3;1-4H2;1H/t5-,6+,7+;;/m1../s1. The van der Waals surface area contributed by atoms with E-state index in [1.807, 2.05) is 6.92 Å². The van der Waals surface area contributed by atoms with E-state index in [0.29, 0.717) is 6.42 Å². The van der Waals surface area contributed by atoms with Crippen molar-refractivity contribution >= 4 is 18.4 Å². The van der Waals surface area contributed by atoms with Crippen LogP contribution in [0.1, 0.15) is 32.6 Å². The first-order valence-electron chi connectivity index (χ1n) is 6.33. The van der Waals surface area contributed by atoms with Gasteiger partial charge in [-0.15, -0.1) is 12.4 Å². The molecule has 0 saturated carbocycles. The van der Waals surface area contributed by atoms with E-state index in [4.69, 9.17) is 20.3 Å². The molecule has 2 heterocycles. The molecule has 5 nitrogen and oxygen atoms in total. The fourth-order valence-corrected chi connectivity index (χ4v) is 1.89. The second-order valence-corrected chi connectivity index (χ2v) is 4.48. The predicted molar refractivity (Wildman–Crippen MR) is 70.6 cm³/mol. The summed E-state index contributed by atoms with van der Waals surface area (Å²) in [5.74, 6) is -0.195. The Hall–Kier alpha value is -0.360. The molecule has 2 fully saturated rings. The van der Waals surface area contributed by atoms with E-state index in [1.165, 1.54) is 12.8 Å². The molecule has 18 heavy (non-hydrogen) atoms. The van der Waals surface area contributed by atoms with Gasteiger partial charge in [-0.2, -0.15) is 0 Å². The minimum Gasteiger partial charge on any atom is -0.460 e. The molecule has 2 aliphatic heterocycles. The third-order valence-electron chi connectivity index (χ3n) is 3.13. The number of ether oxygens (including phenoxy) is 2. The van der Waals surface area contributed by atoms with E-state index < -0.39 is 6.04 Å². The maximum Gasteiger partial charge on any atom is 0.309 e. The summed E-state index contributed by atoms with van der Waals surface area (Å²) >= 11 is 0. The largest absolute Gasteiger partial charge is 0.460 e. The van der Waals surface area contributed by atoms with Gasteiger partial charge in [-0.3, -0.25) is 4.79 Å². The highest BCUT2D eigenvalue weighted by atomic mass is 35.5. The van der Waals surface area contributed by atoms with Crippen LogP contribution in [0, 0.1) is 5.92 Å². The summed E-state index contributed by atoms with van der Waals surface area (Å²) < 4.78 is 9.94. The summed E-state index contributed by atoms with van der Waals surface area (Å²) in [5.41, 5.74) is 5.53. The molecule has 3 atom stereocenters. The smallest absolute Gasteiger partial charge is 0.309 e. The molecule has 0 aromatic carbocycles. The summed E-state index contributed by atoms with van der Waals surface area (Å²) in [7, 11) is 0. The Morgan fingerprint density at radius 3 is 2.39 bits per heavy atom. The molecule has 0 unspecified atom stereocenters. The molecule has 6 heteroatoms. The van der Waals surface area contributed by atoms with E-state index >= 15 is 0 Å². The van der Waals surface area contributed by atoms with Crippen LogP contribution in [0.2, 0.25) is 0 Å². The fraction of sp³-hybridized carbons (Fsp3) is 0.917. The lowest BCUT2D eigenvalue weighted by Crippen LogP contribution is -2.37. The Morgan fingerprint density at radius 2 is 2.06 bits per heavy atom. The first-order chi connectivity index (χ1) is 8.19. The van der Waals surface area contributed by atoms with Crippen molar-refractivity contribution in [3.63, 3.8) is 0 Å². The Labute approximate surface area is 114 Å². The number of hydrogen-bond acceptors (Lipinski definition) is 5. The van der Waals surface area contributed by atoms with E-state index in [9.17, 15) is 4.79 Å². The van der Waals surface area contributed by atoms with E-state index in [1.54, 1.807) is 0 Å². The summed E-state index contributed by atoms with van der Waals surface area (Å²) in [4.78, 5) is 11.1. The van der Waals surface area contributed by atoms with Crippen molar-refractivity contribution in [1.82, 2.24) is 0 Å². The lowest BCUT2D eigenvalue weighted by Gasteiger charge is -2.14. The van der Waals surface area contributed by atoms with Crippen molar-refractivity contribution in [3.8, 4) is 0 Å². The molecule has 0 amide bonds. The van der Waals surface area contributed by atoms with Gasteiger partial charge in [0.2, 0.25) is 0 Å². The number of aliphatic hydroxyl groups is 1. The summed E-state index contributed by atoms with van der Waals surface area (Å²) in [6, 6.07) is -0.425. The van der Waals surface area contributed by atoms with Crippen LogP contribution in [-0.4, -0.2) is 43.0 Å². The third-order valence-corrected chi connectivity index (χ3v) is 3.13. The highest BCUT2D eigenvalue weighted by molar-refractivity contribution is 5.85. The molecular formula is C12H24ClNO4. The van der Waals surface area contributed by atoms with Gasteiger partial charge < -0.3 is 20.3 Å². The molecule has 0 spiro atoms. The van der Waals surface area contributed by atoms with Crippen LogP contribution in [0.3, 0.4) is 0 Å². The van der Waals surface area contributed by atoms with E-state index in [-0.39, 0.29) is 37.0 Å². The molecule has 2 aliphatic rings. The number of nitrogens with two attached hydrogens (primary N) is 1. The number of rotatable bonds is 3. The molecule has 108 valence electrons. The first-order valence-corrected chi connectivity index (χ1v) is 6.33. The quantitative estimate of drug-likeness (QED) is 0.750. The van der Waals surface area contributed by atoms with E-state index in [2.05, 4.69) is 0 Å². The minimum absolute atomic E-state index is 0. The van der Waals surface area contributed by atoms with Gasteiger partial charge in [0.25, 0.3) is 0 Å². The minimum atomic E-state index is -0.425. The molecule has 0 radical (unpaired) electrons. The summed E-state index contributed by atoms with van der Waals surface area (Å²) in [6.45, 7) is 3.81. The van der Waals surface area contributed by atoms with Gasteiger partial charge in [0.1, 0.15) is 6.10 Å². The molecular weight excluding hydrogens is 258 g/mol. The Balaban J connectivity index is 0.000000405. The normalized spacial score (nSPS) is 27.8. The Bertz CT molecular complexity index is 229. The zero-order valence-electron chi connectivity index (χ0n) is 10.8. The molecule has 0 aromatic heterocycles. The van der Waals surface area contributed by atoms with Crippen molar-refractivity contribution in [3.05, 3.63) is 0 Å². The first kappa shape index (κ1) is 17.6. The van der Waals surface area contributed by atoms with Crippen LogP contribution in [0.25, 0.3) is 0 Å². The van der Waals surface area contributed by atoms with Crippen LogP contribution >= 0.6 is 12.4 Å². The highest BCUT2D eigenvalue weighted by Gasteiger charge is 2.35. The zero-order valence-corrected chi connectivity index (χ0v) is 11.7. The number of aliphatic hydroxyl groups excluding tert-OH is 1. The molecule has 0 aliphatic carbocycles. The topological polar surface area (TPSA) is 81.8 Å². The van der Waals surface area contributed by atoms with Crippen molar-refractivity contribution in [2.75, 3.05) is 19.8 Å². The van der Waals surface area contributed by atoms with E-state index in [0.717, 1.165) is 19.6 Å². The molecule has 2 saturated heterocycles. The van der Waals surface area contributed by atoms with Crippen LogP contribution in [0.15, 0.2) is 0 Å². The number of hydrogen-bond donors (Lipinski definition) is 2. The zero-order chi connectivity index (χ0) is 12.7. The number of esters is 1. The second-order valence-electron chi connectivity index (χ2n) is 4.48. The van der Waals surface area contributed by atoms with Gasteiger partial charge in [0.05, 0.1) is 18.6 Å². The summed E-state index contributed by atoms with van der Waals surface area (Å²) in [5, 5.41) is 8.72. The fourth-order valence-electron chi connectivity index (χ4n) is 1.89. The van der Waals surface area contributed by atoms with Gasteiger partial charge in [0.15, 0.2) is 0 Å². The number of carbonyl (C=O) groups excluding carboxylic acids is 1. The average Bonchev–Trinajstić information content (AvgIpc) is 3.00. The number of cyclic esters (lactones) is 1. The molecule has 3 N–H and O–H groups in total. The van der Waals surface area contributed by atoms with Crippen LogP contribution in [0.5, 0.6) is 0 Å². The van der Waals surface area contributed by atoms with Gasteiger partial charge in [-0.25, -0.2) is 0 Å².